The standard InChI is InChI=1S/C12H19N3/c1-9-5-3-4-6-11(9)15-12-10(2)13-7-8-14-12/h7-9,11H,3-6H2,1-2H3,(H,14,15). The number of hydrogen-bond donors (Lipinski definition) is 1. The van der Waals surface area contributed by atoms with Crippen LogP contribution in [-0.4, -0.2) is 16.0 Å². The molecule has 0 radical (unpaired) electrons. The number of hydrogen-bond acceptors (Lipinski definition) is 3. The Morgan fingerprint density at radius 2 is 1.93 bits per heavy atom. The molecule has 3 nitrogen and oxygen atoms in total. The van der Waals surface area contributed by atoms with E-state index in [2.05, 4.69) is 22.2 Å². The van der Waals surface area contributed by atoms with Crippen molar-refractivity contribution in [3.05, 3.63) is 18.1 Å². The second-order valence-electron chi connectivity index (χ2n) is 4.50. The van der Waals surface area contributed by atoms with Crippen LogP contribution >= 0.6 is 0 Å². The summed E-state index contributed by atoms with van der Waals surface area (Å²) in [5.74, 6) is 1.71. The van der Waals surface area contributed by atoms with E-state index in [-0.39, 0.29) is 0 Å². The molecule has 15 heavy (non-hydrogen) atoms. The van der Waals surface area contributed by atoms with Gasteiger partial charge in [-0.05, 0) is 25.7 Å². The van der Waals surface area contributed by atoms with Gasteiger partial charge >= 0.3 is 0 Å². The van der Waals surface area contributed by atoms with Crippen LogP contribution in [-0.2, 0) is 0 Å². The maximum Gasteiger partial charge on any atom is 0.147 e. The first-order valence-corrected chi connectivity index (χ1v) is 5.81. The zero-order chi connectivity index (χ0) is 10.7. The zero-order valence-electron chi connectivity index (χ0n) is 9.53. The smallest absolute Gasteiger partial charge is 0.147 e. The second kappa shape index (κ2) is 4.60. The summed E-state index contributed by atoms with van der Waals surface area (Å²) >= 11 is 0. The molecule has 1 aromatic rings. The van der Waals surface area contributed by atoms with Gasteiger partial charge in [0.25, 0.3) is 0 Å². The fraction of sp³-hybridized carbons (Fsp3) is 0.667. The van der Waals surface area contributed by atoms with Crippen LogP contribution in [0.5, 0.6) is 0 Å². The molecule has 2 unspecified atom stereocenters. The van der Waals surface area contributed by atoms with E-state index in [1.165, 1.54) is 25.7 Å². The minimum absolute atomic E-state index is 0.578. The predicted molar refractivity (Wildman–Crippen MR) is 61.8 cm³/mol. The van der Waals surface area contributed by atoms with Crippen LogP contribution in [0.15, 0.2) is 12.4 Å². The van der Waals surface area contributed by atoms with Crippen molar-refractivity contribution in [2.75, 3.05) is 5.32 Å². The molecule has 0 amide bonds. The highest BCUT2D eigenvalue weighted by atomic mass is 15.0. The van der Waals surface area contributed by atoms with Crippen LogP contribution in [0.2, 0.25) is 0 Å². The summed E-state index contributed by atoms with van der Waals surface area (Å²) in [6.07, 6.45) is 8.79. The fourth-order valence-electron chi connectivity index (χ4n) is 2.26. The van der Waals surface area contributed by atoms with E-state index in [4.69, 9.17) is 0 Å². The normalized spacial score (nSPS) is 26.3. The summed E-state index contributed by atoms with van der Waals surface area (Å²) in [5.41, 5.74) is 0.996. The van der Waals surface area contributed by atoms with Gasteiger partial charge in [0, 0.05) is 18.4 Å². The molecular weight excluding hydrogens is 186 g/mol. The van der Waals surface area contributed by atoms with Crippen molar-refractivity contribution in [1.29, 1.82) is 0 Å². The summed E-state index contributed by atoms with van der Waals surface area (Å²) in [6.45, 7) is 4.32. The van der Waals surface area contributed by atoms with Gasteiger partial charge < -0.3 is 5.32 Å². The van der Waals surface area contributed by atoms with Crippen molar-refractivity contribution in [2.24, 2.45) is 5.92 Å². The molecule has 0 aromatic carbocycles. The minimum Gasteiger partial charge on any atom is -0.366 e. The zero-order valence-corrected chi connectivity index (χ0v) is 9.53. The van der Waals surface area contributed by atoms with Crippen LogP contribution in [0.4, 0.5) is 5.82 Å². The van der Waals surface area contributed by atoms with Crippen molar-refractivity contribution in [3.8, 4) is 0 Å². The summed E-state index contributed by atoms with van der Waals surface area (Å²) in [4.78, 5) is 8.58. The Kier molecular flexibility index (Phi) is 3.19. The molecule has 2 rings (SSSR count). The van der Waals surface area contributed by atoms with Crippen molar-refractivity contribution in [3.63, 3.8) is 0 Å². The third-order valence-corrected chi connectivity index (χ3v) is 3.31. The van der Waals surface area contributed by atoms with Gasteiger partial charge in [-0.15, -0.1) is 0 Å². The Balaban J connectivity index is 2.04. The van der Waals surface area contributed by atoms with Gasteiger partial charge in [0.2, 0.25) is 0 Å². The van der Waals surface area contributed by atoms with Crippen LogP contribution in [0.3, 0.4) is 0 Å². The van der Waals surface area contributed by atoms with E-state index in [0.717, 1.165) is 17.4 Å². The third kappa shape index (κ3) is 2.46. The first kappa shape index (κ1) is 10.4. The molecule has 1 aliphatic rings. The minimum atomic E-state index is 0.578. The van der Waals surface area contributed by atoms with Crippen molar-refractivity contribution >= 4 is 5.82 Å². The van der Waals surface area contributed by atoms with Crippen LogP contribution in [0, 0.1) is 12.8 Å². The van der Waals surface area contributed by atoms with Crippen molar-refractivity contribution in [2.45, 2.75) is 45.6 Å². The first-order chi connectivity index (χ1) is 7.27. The van der Waals surface area contributed by atoms with E-state index in [1.54, 1.807) is 12.4 Å². The summed E-state index contributed by atoms with van der Waals surface area (Å²) in [7, 11) is 0. The lowest BCUT2D eigenvalue weighted by Gasteiger charge is -2.30. The van der Waals surface area contributed by atoms with Gasteiger partial charge in [-0.3, -0.25) is 4.98 Å². The van der Waals surface area contributed by atoms with Gasteiger partial charge in [0.1, 0.15) is 5.82 Å². The van der Waals surface area contributed by atoms with Gasteiger partial charge in [-0.25, -0.2) is 4.98 Å². The van der Waals surface area contributed by atoms with E-state index in [9.17, 15) is 0 Å². The Morgan fingerprint density at radius 1 is 1.20 bits per heavy atom. The summed E-state index contributed by atoms with van der Waals surface area (Å²) in [6, 6.07) is 0.578. The molecule has 1 N–H and O–H groups in total. The maximum atomic E-state index is 4.33. The van der Waals surface area contributed by atoms with E-state index < -0.39 is 0 Å². The average molecular weight is 205 g/mol. The quantitative estimate of drug-likeness (QED) is 0.806. The first-order valence-electron chi connectivity index (χ1n) is 5.81. The monoisotopic (exact) mass is 205 g/mol. The molecule has 0 spiro atoms. The molecular formula is C12H19N3. The maximum absolute atomic E-state index is 4.33. The molecule has 1 fully saturated rings. The molecule has 1 saturated carbocycles. The van der Waals surface area contributed by atoms with Gasteiger partial charge in [0.15, 0.2) is 0 Å². The summed E-state index contributed by atoms with van der Waals surface area (Å²) in [5, 5.41) is 3.53. The molecule has 0 bridgehead atoms. The fourth-order valence-corrected chi connectivity index (χ4v) is 2.26. The van der Waals surface area contributed by atoms with Gasteiger partial charge in [-0.2, -0.15) is 0 Å². The van der Waals surface area contributed by atoms with E-state index in [0.29, 0.717) is 6.04 Å². The third-order valence-electron chi connectivity index (χ3n) is 3.31. The molecule has 1 aliphatic carbocycles. The number of nitrogens with one attached hydrogen (secondary N) is 1. The van der Waals surface area contributed by atoms with E-state index in [1.807, 2.05) is 6.92 Å². The Hall–Kier alpha value is -1.12. The molecule has 0 aliphatic heterocycles. The Labute approximate surface area is 91.3 Å². The highest BCUT2D eigenvalue weighted by Crippen LogP contribution is 2.26. The van der Waals surface area contributed by atoms with Crippen LogP contribution in [0.1, 0.15) is 38.3 Å². The molecule has 1 heterocycles. The molecule has 2 atom stereocenters. The van der Waals surface area contributed by atoms with E-state index >= 15 is 0 Å². The number of rotatable bonds is 2. The molecule has 82 valence electrons. The lowest BCUT2D eigenvalue weighted by molar-refractivity contribution is 0.349. The Bertz CT molecular complexity index is 324. The Morgan fingerprint density at radius 3 is 2.67 bits per heavy atom. The lowest BCUT2D eigenvalue weighted by atomic mass is 9.86. The van der Waals surface area contributed by atoms with Gasteiger partial charge in [-0.1, -0.05) is 19.8 Å². The molecule has 0 saturated heterocycles. The number of anilines is 1. The van der Waals surface area contributed by atoms with Crippen LogP contribution in [0.25, 0.3) is 0 Å². The number of nitrogens with zero attached hydrogens (tertiary/aromatic N) is 2. The largest absolute Gasteiger partial charge is 0.366 e. The average Bonchev–Trinajstić information content (AvgIpc) is 2.24. The van der Waals surface area contributed by atoms with Crippen LogP contribution < -0.4 is 5.32 Å². The van der Waals surface area contributed by atoms with Crippen molar-refractivity contribution in [1.82, 2.24) is 9.97 Å². The summed E-state index contributed by atoms with van der Waals surface area (Å²) < 4.78 is 0. The highest BCUT2D eigenvalue weighted by molar-refractivity contribution is 5.39. The molecule has 1 aromatic heterocycles. The number of aromatic nitrogens is 2. The SMILES string of the molecule is Cc1nccnc1NC1CCCCC1C. The van der Waals surface area contributed by atoms with Gasteiger partial charge in [0.05, 0.1) is 5.69 Å². The predicted octanol–water partition coefficient (Wildman–Crippen LogP) is 2.78. The lowest BCUT2D eigenvalue weighted by Crippen LogP contribution is -2.31. The highest BCUT2D eigenvalue weighted by Gasteiger charge is 2.21. The second-order valence-corrected chi connectivity index (χ2v) is 4.50. The molecule has 3 heteroatoms. The van der Waals surface area contributed by atoms with Crippen molar-refractivity contribution < 1.29 is 0 Å². The number of aryl methyl sites for hydroxylation is 1. The topological polar surface area (TPSA) is 37.8 Å².